The highest BCUT2D eigenvalue weighted by molar-refractivity contribution is 5.77. The molecule has 19 heavy (non-hydrogen) atoms. The van der Waals surface area contributed by atoms with Crippen molar-refractivity contribution in [2.45, 2.75) is 18.9 Å². The number of hydrogen-bond acceptors (Lipinski definition) is 3. The van der Waals surface area contributed by atoms with E-state index in [-0.39, 0.29) is 12.5 Å². The predicted octanol–water partition coefficient (Wildman–Crippen LogP) is 1.37. The SMILES string of the molecule is O=C(COc1ccccc1)N1CCN(C2CC2)CC1. The van der Waals surface area contributed by atoms with E-state index in [2.05, 4.69) is 4.90 Å². The summed E-state index contributed by atoms with van der Waals surface area (Å²) in [4.78, 5) is 16.5. The molecule has 102 valence electrons. The molecule has 2 aliphatic rings. The van der Waals surface area contributed by atoms with Gasteiger partial charge in [0.25, 0.3) is 5.91 Å². The number of carbonyl (C=O) groups excluding carboxylic acids is 1. The van der Waals surface area contributed by atoms with Gasteiger partial charge in [-0.15, -0.1) is 0 Å². The van der Waals surface area contributed by atoms with Crippen molar-refractivity contribution in [3.8, 4) is 5.75 Å². The van der Waals surface area contributed by atoms with Crippen molar-refractivity contribution < 1.29 is 9.53 Å². The second kappa shape index (κ2) is 5.61. The first-order valence-electron chi connectivity index (χ1n) is 7.02. The minimum atomic E-state index is 0.0966. The summed E-state index contributed by atoms with van der Waals surface area (Å²) in [5.41, 5.74) is 0. The van der Waals surface area contributed by atoms with Gasteiger partial charge < -0.3 is 9.64 Å². The highest BCUT2D eigenvalue weighted by Crippen LogP contribution is 2.27. The fourth-order valence-electron chi connectivity index (χ4n) is 2.53. The Morgan fingerprint density at radius 2 is 1.79 bits per heavy atom. The molecule has 0 radical (unpaired) electrons. The zero-order valence-corrected chi connectivity index (χ0v) is 11.1. The molecule has 4 nitrogen and oxygen atoms in total. The van der Waals surface area contributed by atoms with Crippen LogP contribution in [0.15, 0.2) is 30.3 Å². The molecule has 4 heteroatoms. The van der Waals surface area contributed by atoms with Crippen LogP contribution in [0, 0.1) is 0 Å². The van der Waals surface area contributed by atoms with Gasteiger partial charge in [0.05, 0.1) is 0 Å². The van der Waals surface area contributed by atoms with E-state index in [1.54, 1.807) is 0 Å². The number of ether oxygens (including phenoxy) is 1. The lowest BCUT2D eigenvalue weighted by Gasteiger charge is -2.34. The van der Waals surface area contributed by atoms with Crippen LogP contribution in [0.3, 0.4) is 0 Å². The summed E-state index contributed by atoms with van der Waals surface area (Å²) in [6.07, 6.45) is 2.68. The van der Waals surface area contributed by atoms with Gasteiger partial charge >= 0.3 is 0 Å². The second-order valence-electron chi connectivity index (χ2n) is 5.25. The molecule has 1 heterocycles. The van der Waals surface area contributed by atoms with Gasteiger partial charge in [-0.3, -0.25) is 9.69 Å². The first-order chi connectivity index (χ1) is 9.33. The van der Waals surface area contributed by atoms with Gasteiger partial charge in [-0.2, -0.15) is 0 Å². The van der Waals surface area contributed by atoms with Crippen LogP contribution < -0.4 is 4.74 Å². The highest BCUT2D eigenvalue weighted by atomic mass is 16.5. The monoisotopic (exact) mass is 260 g/mol. The molecule has 0 N–H and O–H groups in total. The molecule has 1 aromatic rings. The van der Waals surface area contributed by atoms with E-state index in [1.165, 1.54) is 12.8 Å². The molecule has 1 saturated heterocycles. The number of benzene rings is 1. The Bertz CT molecular complexity index is 423. The molecule has 0 aromatic heterocycles. The van der Waals surface area contributed by atoms with Gasteiger partial charge in [0.2, 0.25) is 0 Å². The summed E-state index contributed by atoms with van der Waals surface area (Å²) in [5, 5.41) is 0. The van der Waals surface area contributed by atoms with Crippen LogP contribution in [0.1, 0.15) is 12.8 Å². The smallest absolute Gasteiger partial charge is 0.260 e. The standard InChI is InChI=1S/C15H20N2O2/c18-15(12-19-14-4-2-1-3-5-14)17-10-8-16(9-11-17)13-6-7-13/h1-5,13H,6-12H2. The quantitative estimate of drug-likeness (QED) is 0.820. The van der Waals surface area contributed by atoms with Crippen molar-refractivity contribution in [2.24, 2.45) is 0 Å². The molecule has 0 atom stereocenters. The molecule has 1 aliphatic carbocycles. The molecular formula is C15H20N2O2. The summed E-state index contributed by atoms with van der Waals surface area (Å²) in [5.74, 6) is 0.853. The normalized spacial score (nSPS) is 20.3. The van der Waals surface area contributed by atoms with E-state index in [1.807, 2.05) is 35.2 Å². The number of hydrogen-bond donors (Lipinski definition) is 0. The zero-order valence-electron chi connectivity index (χ0n) is 11.1. The first-order valence-corrected chi connectivity index (χ1v) is 7.02. The third-order valence-electron chi connectivity index (χ3n) is 3.84. The lowest BCUT2D eigenvalue weighted by Crippen LogP contribution is -2.50. The number of rotatable bonds is 4. The number of nitrogens with zero attached hydrogens (tertiary/aromatic N) is 2. The van der Waals surface area contributed by atoms with Crippen LogP contribution in [0.4, 0.5) is 0 Å². The maximum Gasteiger partial charge on any atom is 0.260 e. The Labute approximate surface area is 113 Å². The topological polar surface area (TPSA) is 32.8 Å². The molecule has 0 bridgehead atoms. The molecule has 2 fully saturated rings. The third-order valence-corrected chi connectivity index (χ3v) is 3.84. The van der Waals surface area contributed by atoms with Crippen molar-refractivity contribution in [3.05, 3.63) is 30.3 Å². The van der Waals surface area contributed by atoms with Gasteiger partial charge in [-0.05, 0) is 25.0 Å². The van der Waals surface area contributed by atoms with Crippen LogP contribution in [-0.4, -0.2) is 54.5 Å². The van der Waals surface area contributed by atoms with E-state index in [0.717, 1.165) is 38.0 Å². The molecule has 1 aromatic carbocycles. The second-order valence-corrected chi connectivity index (χ2v) is 5.25. The largest absolute Gasteiger partial charge is 0.484 e. The van der Waals surface area contributed by atoms with Crippen LogP contribution in [-0.2, 0) is 4.79 Å². The lowest BCUT2D eigenvalue weighted by atomic mass is 10.3. The molecule has 3 rings (SSSR count). The van der Waals surface area contributed by atoms with Crippen molar-refractivity contribution in [3.63, 3.8) is 0 Å². The fraction of sp³-hybridized carbons (Fsp3) is 0.533. The van der Waals surface area contributed by atoms with Gasteiger partial charge in [-0.1, -0.05) is 18.2 Å². The van der Waals surface area contributed by atoms with Crippen molar-refractivity contribution >= 4 is 5.91 Å². The summed E-state index contributed by atoms with van der Waals surface area (Å²) in [7, 11) is 0. The van der Waals surface area contributed by atoms with Crippen LogP contribution in [0.25, 0.3) is 0 Å². The number of carbonyl (C=O) groups is 1. The summed E-state index contributed by atoms with van der Waals surface area (Å²) >= 11 is 0. The maximum absolute atomic E-state index is 12.0. The van der Waals surface area contributed by atoms with Gasteiger partial charge in [0, 0.05) is 32.2 Å². The Kier molecular flexibility index (Phi) is 3.69. The van der Waals surface area contributed by atoms with Crippen LogP contribution in [0.2, 0.25) is 0 Å². The third kappa shape index (κ3) is 3.26. The molecule has 1 aliphatic heterocycles. The Morgan fingerprint density at radius 3 is 2.42 bits per heavy atom. The van der Waals surface area contributed by atoms with E-state index in [4.69, 9.17) is 4.74 Å². The van der Waals surface area contributed by atoms with Gasteiger partial charge in [0.15, 0.2) is 6.61 Å². The van der Waals surface area contributed by atoms with Crippen LogP contribution >= 0.6 is 0 Å². The van der Waals surface area contributed by atoms with Crippen molar-refractivity contribution in [1.82, 2.24) is 9.80 Å². The predicted molar refractivity (Wildman–Crippen MR) is 73.1 cm³/mol. The van der Waals surface area contributed by atoms with Gasteiger partial charge in [0.1, 0.15) is 5.75 Å². The summed E-state index contributed by atoms with van der Waals surface area (Å²) in [6, 6.07) is 10.3. The first kappa shape index (κ1) is 12.5. The molecule has 1 amide bonds. The maximum atomic E-state index is 12.0. The molecule has 1 saturated carbocycles. The van der Waals surface area contributed by atoms with Crippen molar-refractivity contribution in [1.29, 1.82) is 0 Å². The van der Waals surface area contributed by atoms with Crippen LogP contribution in [0.5, 0.6) is 5.75 Å². The van der Waals surface area contributed by atoms with E-state index >= 15 is 0 Å². The van der Waals surface area contributed by atoms with Gasteiger partial charge in [-0.25, -0.2) is 0 Å². The Balaban J connectivity index is 1.43. The molecule has 0 unspecified atom stereocenters. The average molecular weight is 260 g/mol. The van der Waals surface area contributed by atoms with E-state index in [0.29, 0.717) is 0 Å². The fourth-order valence-corrected chi connectivity index (χ4v) is 2.53. The number of para-hydroxylation sites is 1. The number of amides is 1. The Morgan fingerprint density at radius 1 is 1.11 bits per heavy atom. The Hall–Kier alpha value is -1.55. The lowest BCUT2D eigenvalue weighted by molar-refractivity contribution is -0.135. The number of piperazine rings is 1. The molecular weight excluding hydrogens is 240 g/mol. The minimum Gasteiger partial charge on any atom is -0.484 e. The van der Waals surface area contributed by atoms with E-state index < -0.39 is 0 Å². The van der Waals surface area contributed by atoms with E-state index in [9.17, 15) is 4.79 Å². The zero-order chi connectivity index (χ0) is 13.1. The molecule has 0 spiro atoms. The summed E-state index contributed by atoms with van der Waals surface area (Å²) in [6.45, 7) is 3.86. The average Bonchev–Trinajstić information content (AvgIpc) is 3.31. The minimum absolute atomic E-state index is 0.0966. The highest BCUT2D eigenvalue weighted by Gasteiger charge is 2.32. The van der Waals surface area contributed by atoms with Crippen molar-refractivity contribution in [2.75, 3.05) is 32.8 Å². The summed E-state index contributed by atoms with van der Waals surface area (Å²) < 4.78 is 5.50.